The molecule has 0 aromatic heterocycles. The fourth-order valence-corrected chi connectivity index (χ4v) is 3.24. The number of amides is 1. The van der Waals surface area contributed by atoms with E-state index in [1.807, 2.05) is 18.2 Å². The Morgan fingerprint density at radius 1 is 0.808 bits per heavy atom. The first kappa shape index (κ1) is 22.7. The number of carbonyl (C=O) groups is 1. The average molecular weight is 362 g/mol. The van der Waals surface area contributed by atoms with Crippen LogP contribution >= 0.6 is 0 Å². The molecule has 148 valence electrons. The molecule has 0 aliphatic carbocycles. The Morgan fingerprint density at radius 2 is 1.27 bits per heavy atom. The van der Waals surface area contributed by atoms with Crippen LogP contribution < -0.4 is 5.32 Å². The van der Waals surface area contributed by atoms with Gasteiger partial charge in [0.25, 0.3) is 5.91 Å². The molecule has 1 aromatic carbocycles. The van der Waals surface area contributed by atoms with Crippen LogP contribution in [0.2, 0.25) is 0 Å². The predicted octanol–water partition coefficient (Wildman–Crippen LogP) is 5.93. The second kappa shape index (κ2) is 15.9. The molecule has 0 saturated carbocycles. The predicted molar refractivity (Wildman–Crippen MR) is 110 cm³/mol. The fraction of sp³-hybridized carbons (Fsp3) is 0.696. The highest BCUT2D eigenvalue weighted by Crippen LogP contribution is 2.13. The molecule has 1 atom stereocenters. The van der Waals surface area contributed by atoms with Gasteiger partial charge in [-0.15, -0.1) is 0 Å². The van der Waals surface area contributed by atoms with Crippen molar-refractivity contribution in [2.45, 2.75) is 96.5 Å². The van der Waals surface area contributed by atoms with Gasteiger partial charge in [-0.2, -0.15) is 0 Å². The highest BCUT2D eigenvalue weighted by Gasteiger charge is 2.15. The van der Waals surface area contributed by atoms with E-state index in [-0.39, 0.29) is 5.91 Å². The number of benzene rings is 1. The van der Waals surface area contributed by atoms with Crippen molar-refractivity contribution in [2.24, 2.45) is 0 Å². The van der Waals surface area contributed by atoms with Gasteiger partial charge in [-0.1, -0.05) is 114 Å². The average Bonchev–Trinajstić information content (AvgIpc) is 2.68. The molecule has 2 N–H and O–H groups in total. The molecular formula is C23H39NO2. The summed E-state index contributed by atoms with van der Waals surface area (Å²) in [5.41, 5.74) is 0.648. The summed E-state index contributed by atoms with van der Waals surface area (Å²) >= 11 is 0. The molecule has 0 radical (unpaired) electrons. The summed E-state index contributed by atoms with van der Waals surface area (Å²) in [6.45, 7) is 2.92. The third kappa shape index (κ3) is 11.3. The Kier molecular flexibility index (Phi) is 13.8. The number of carbonyl (C=O) groups excluding carboxylic acids is 1. The molecule has 0 aliphatic heterocycles. The van der Waals surface area contributed by atoms with Crippen LogP contribution in [0.3, 0.4) is 0 Å². The topological polar surface area (TPSA) is 49.3 Å². The van der Waals surface area contributed by atoms with Crippen LogP contribution in [-0.2, 0) is 4.79 Å². The maximum atomic E-state index is 11.9. The maximum absolute atomic E-state index is 11.9. The molecule has 1 rings (SSSR count). The number of hydrogen-bond donors (Lipinski definition) is 2. The largest absolute Gasteiger partial charge is 0.378 e. The van der Waals surface area contributed by atoms with Crippen molar-refractivity contribution in [1.82, 2.24) is 5.32 Å². The lowest BCUT2D eigenvalue weighted by atomic mass is 10.0. The molecule has 0 saturated heterocycles. The summed E-state index contributed by atoms with van der Waals surface area (Å²) in [6, 6.07) is 9.09. The van der Waals surface area contributed by atoms with Gasteiger partial charge in [0.1, 0.15) is 0 Å². The molecule has 0 unspecified atom stereocenters. The smallest absolute Gasteiger partial charge is 0.253 e. The third-order valence-corrected chi connectivity index (χ3v) is 4.94. The van der Waals surface area contributed by atoms with E-state index in [4.69, 9.17) is 0 Å². The number of aliphatic hydroxyl groups excluding tert-OH is 1. The van der Waals surface area contributed by atoms with Crippen molar-refractivity contribution in [3.8, 4) is 0 Å². The first-order chi connectivity index (χ1) is 12.8. The minimum absolute atomic E-state index is 0.296. The Morgan fingerprint density at radius 3 is 1.77 bits per heavy atom. The zero-order valence-electron chi connectivity index (χ0n) is 16.7. The Bertz CT molecular complexity index is 447. The summed E-state index contributed by atoms with van der Waals surface area (Å²) in [5.74, 6) is -0.296. The van der Waals surface area contributed by atoms with Gasteiger partial charge in [0.15, 0.2) is 6.10 Å². The number of hydrogen-bond acceptors (Lipinski definition) is 2. The highest BCUT2D eigenvalue weighted by molar-refractivity contribution is 5.81. The van der Waals surface area contributed by atoms with Crippen molar-refractivity contribution in [2.75, 3.05) is 6.54 Å². The quantitative estimate of drug-likeness (QED) is 0.359. The number of nitrogens with one attached hydrogen (secondary N) is 1. The van der Waals surface area contributed by atoms with Crippen molar-refractivity contribution < 1.29 is 9.90 Å². The molecule has 0 heterocycles. The molecule has 26 heavy (non-hydrogen) atoms. The van der Waals surface area contributed by atoms with Gasteiger partial charge in [0.2, 0.25) is 0 Å². The third-order valence-electron chi connectivity index (χ3n) is 4.94. The molecular weight excluding hydrogens is 322 g/mol. The summed E-state index contributed by atoms with van der Waals surface area (Å²) in [5, 5.41) is 12.8. The number of rotatable bonds is 16. The van der Waals surface area contributed by atoms with Crippen LogP contribution in [-0.4, -0.2) is 17.6 Å². The zero-order valence-corrected chi connectivity index (χ0v) is 16.7. The fourth-order valence-electron chi connectivity index (χ4n) is 3.24. The van der Waals surface area contributed by atoms with Crippen LogP contribution in [0.5, 0.6) is 0 Å². The SMILES string of the molecule is CCCCCCCCCCCCCCCNC(=O)[C@@H](O)c1ccccc1. The highest BCUT2D eigenvalue weighted by atomic mass is 16.3. The minimum Gasteiger partial charge on any atom is -0.378 e. The van der Waals surface area contributed by atoms with Gasteiger partial charge >= 0.3 is 0 Å². The van der Waals surface area contributed by atoms with Gasteiger partial charge in [-0.05, 0) is 12.0 Å². The van der Waals surface area contributed by atoms with Crippen molar-refractivity contribution in [1.29, 1.82) is 0 Å². The molecule has 0 fully saturated rings. The lowest BCUT2D eigenvalue weighted by Crippen LogP contribution is -2.30. The summed E-state index contributed by atoms with van der Waals surface area (Å²) in [4.78, 5) is 11.9. The van der Waals surface area contributed by atoms with E-state index in [9.17, 15) is 9.90 Å². The van der Waals surface area contributed by atoms with E-state index in [1.165, 1.54) is 70.6 Å². The molecule has 0 aliphatic rings. The summed E-state index contributed by atoms with van der Waals surface area (Å²) < 4.78 is 0. The van der Waals surface area contributed by atoms with Gasteiger partial charge in [0, 0.05) is 6.54 Å². The van der Waals surface area contributed by atoms with E-state index in [0.717, 1.165) is 12.8 Å². The lowest BCUT2D eigenvalue weighted by Gasteiger charge is -2.11. The molecule has 1 aromatic rings. The summed E-state index contributed by atoms with van der Waals surface area (Å²) in [7, 11) is 0. The lowest BCUT2D eigenvalue weighted by molar-refractivity contribution is -0.129. The van der Waals surface area contributed by atoms with Crippen LogP contribution in [0.15, 0.2) is 30.3 Å². The Labute approximate surface area is 160 Å². The van der Waals surface area contributed by atoms with Crippen LogP contribution in [0.25, 0.3) is 0 Å². The van der Waals surface area contributed by atoms with Crippen molar-refractivity contribution >= 4 is 5.91 Å². The van der Waals surface area contributed by atoms with Crippen molar-refractivity contribution in [3.63, 3.8) is 0 Å². The van der Waals surface area contributed by atoms with Gasteiger partial charge < -0.3 is 10.4 Å². The standard InChI is InChI=1S/C23H39NO2/c1-2-3-4-5-6-7-8-9-10-11-12-13-17-20-24-23(26)22(25)21-18-15-14-16-19-21/h14-16,18-19,22,25H,2-13,17,20H2,1H3,(H,24,26)/t22-/m0/s1. The van der Waals surface area contributed by atoms with Gasteiger partial charge in [-0.25, -0.2) is 0 Å². The Hall–Kier alpha value is -1.35. The van der Waals surface area contributed by atoms with E-state index in [2.05, 4.69) is 12.2 Å². The molecule has 0 spiro atoms. The second-order valence-electron chi connectivity index (χ2n) is 7.35. The maximum Gasteiger partial charge on any atom is 0.253 e. The van der Waals surface area contributed by atoms with Crippen LogP contribution in [0.1, 0.15) is 102 Å². The van der Waals surface area contributed by atoms with E-state index in [0.29, 0.717) is 12.1 Å². The van der Waals surface area contributed by atoms with Crippen molar-refractivity contribution in [3.05, 3.63) is 35.9 Å². The summed E-state index contributed by atoms with van der Waals surface area (Å²) in [6.07, 6.45) is 16.1. The van der Waals surface area contributed by atoms with E-state index >= 15 is 0 Å². The van der Waals surface area contributed by atoms with Gasteiger partial charge in [0.05, 0.1) is 0 Å². The minimum atomic E-state index is -1.06. The normalized spacial score (nSPS) is 12.1. The monoisotopic (exact) mass is 361 g/mol. The second-order valence-corrected chi connectivity index (χ2v) is 7.35. The van der Waals surface area contributed by atoms with E-state index in [1.54, 1.807) is 12.1 Å². The van der Waals surface area contributed by atoms with E-state index < -0.39 is 6.10 Å². The van der Waals surface area contributed by atoms with Gasteiger partial charge in [-0.3, -0.25) is 4.79 Å². The van der Waals surface area contributed by atoms with Crippen LogP contribution in [0, 0.1) is 0 Å². The number of aliphatic hydroxyl groups is 1. The number of unbranched alkanes of at least 4 members (excludes halogenated alkanes) is 12. The molecule has 3 heteroatoms. The molecule has 1 amide bonds. The first-order valence-corrected chi connectivity index (χ1v) is 10.8. The first-order valence-electron chi connectivity index (χ1n) is 10.8. The molecule has 3 nitrogen and oxygen atoms in total. The molecule has 0 bridgehead atoms. The Balaban J connectivity index is 1.87. The zero-order chi connectivity index (χ0) is 18.9. The van der Waals surface area contributed by atoms with Crippen LogP contribution in [0.4, 0.5) is 0 Å².